The largest absolute Gasteiger partial charge is 0.342 e. The van der Waals surface area contributed by atoms with Crippen LogP contribution in [0.5, 0.6) is 0 Å². The molecular formula is C51H56N6O4S2. The van der Waals surface area contributed by atoms with Crippen LogP contribution in [0.4, 0.5) is 0 Å². The van der Waals surface area contributed by atoms with Gasteiger partial charge in [0.1, 0.15) is 28.4 Å². The SMILES string of the molecule is CCCN(C)Cc1ncc(-c2ccc(-c3ccc(-c4cnc(CN(CCC)C(=O)[C@@H](NC(=O)C5CC5)c5ccccc5)s4)cc3)cc2)s1.O=C[C@@H](NC(=O)C1CC1)c1ccccc1. The van der Waals surface area contributed by atoms with Crippen LogP contribution in [0.2, 0.25) is 0 Å². The van der Waals surface area contributed by atoms with Crippen LogP contribution < -0.4 is 10.6 Å². The molecule has 0 saturated heterocycles. The maximum Gasteiger partial charge on any atom is 0.250 e. The van der Waals surface area contributed by atoms with Crippen LogP contribution in [0.1, 0.15) is 85.6 Å². The van der Waals surface area contributed by atoms with Gasteiger partial charge >= 0.3 is 0 Å². The summed E-state index contributed by atoms with van der Waals surface area (Å²) in [5.74, 6) is 0.0202. The van der Waals surface area contributed by atoms with Crippen molar-refractivity contribution in [2.45, 2.75) is 77.5 Å². The third-order valence-corrected chi connectivity index (χ3v) is 13.1. The summed E-state index contributed by atoms with van der Waals surface area (Å²) >= 11 is 3.36. The number of thiazole rings is 2. The fourth-order valence-electron chi connectivity index (χ4n) is 7.27. The Morgan fingerprint density at radius 2 is 1.10 bits per heavy atom. The van der Waals surface area contributed by atoms with E-state index >= 15 is 0 Å². The van der Waals surface area contributed by atoms with Crippen molar-refractivity contribution in [3.8, 4) is 32.0 Å². The number of aromatic nitrogens is 2. The van der Waals surface area contributed by atoms with Gasteiger partial charge in [0.25, 0.3) is 0 Å². The van der Waals surface area contributed by atoms with Crippen LogP contribution in [-0.4, -0.2) is 63.9 Å². The molecule has 2 heterocycles. The Labute approximate surface area is 378 Å². The van der Waals surface area contributed by atoms with Gasteiger partial charge < -0.3 is 20.3 Å². The Balaban J connectivity index is 0.000000333. The first-order valence-electron chi connectivity index (χ1n) is 22.0. The molecule has 63 heavy (non-hydrogen) atoms. The zero-order valence-electron chi connectivity index (χ0n) is 36.2. The van der Waals surface area contributed by atoms with Gasteiger partial charge in [0, 0.05) is 30.8 Å². The molecular weight excluding hydrogens is 825 g/mol. The molecule has 2 aromatic heterocycles. The lowest BCUT2D eigenvalue weighted by atomic mass is 10.0. The number of rotatable bonds is 19. The van der Waals surface area contributed by atoms with Gasteiger partial charge in [-0.05, 0) is 85.5 Å². The van der Waals surface area contributed by atoms with E-state index in [0.29, 0.717) is 13.1 Å². The molecule has 2 atom stereocenters. The van der Waals surface area contributed by atoms with E-state index in [1.807, 2.05) is 78.0 Å². The molecule has 0 spiro atoms. The van der Waals surface area contributed by atoms with Gasteiger partial charge in [-0.3, -0.25) is 19.3 Å². The molecule has 2 aliphatic rings. The minimum Gasteiger partial charge on any atom is -0.342 e. The fourth-order valence-corrected chi connectivity index (χ4v) is 9.22. The third kappa shape index (κ3) is 12.6. The number of hydrogen-bond donors (Lipinski definition) is 2. The molecule has 2 fully saturated rings. The second kappa shape index (κ2) is 22.0. The van der Waals surface area contributed by atoms with E-state index in [2.05, 4.69) is 89.9 Å². The van der Waals surface area contributed by atoms with Crippen LogP contribution in [0.3, 0.4) is 0 Å². The molecule has 4 aromatic carbocycles. The summed E-state index contributed by atoms with van der Waals surface area (Å²) in [6.07, 6.45) is 10.3. The van der Waals surface area contributed by atoms with E-state index in [9.17, 15) is 19.2 Å². The van der Waals surface area contributed by atoms with Crippen molar-refractivity contribution in [2.75, 3.05) is 20.1 Å². The predicted octanol–water partition coefficient (Wildman–Crippen LogP) is 9.90. The van der Waals surface area contributed by atoms with Crippen molar-refractivity contribution >= 4 is 46.7 Å². The Bertz CT molecular complexity index is 2410. The quantitative estimate of drug-likeness (QED) is 0.0777. The number of carbonyl (C=O) groups is 4. The molecule has 8 rings (SSSR count). The highest BCUT2D eigenvalue weighted by molar-refractivity contribution is 7.15. The molecule has 0 radical (unpaired) electrons. The molecule has 0 unspecified atom stereocenters. The van der Waals surface area contributed by atoms with Crippen molar-refractivity contribution < 1.29 is 19.2 Å². The molecule has 6 aromatic rings. The van der Waals surface area contributed by atoms with Crippen molar-refractivity contribution in [2.24, 2.45) is 11.8 Å². The lowest BCUT2D eigenvalue weighted by Crippen LogP contribution is -2.43. The van der Waals surface area contributed by atoms with Crippen LogP contribution >= 0.6 is 22.7 Å². The summed E-state index contributed by atoms with van der Waals surface area (Å²) < 4.78 is 0. The van der Waals surface area contributed by atoms with Crippen LogP contribution in [-0.2, 0) is 32.3 Å². The number of hydrogen-bond acceptors (Lipinski definition) is 9. The zero-order valence-corrected chi connectivity index (χ0v) is 37.9. The molecule has 2 saturated carbocycles. The van der Waals surface area contributed by atoms with Gasteiger partial charge in [0.05, 0.1) is 22.8 Å². The summed E-state index contributed by atoms with van der Waals surface area (Å²) in [6, 6.07) is 34.9. The van der Waals surface area contributed by atoms with E-state index in [1.165, 1.54) is 10.4 Å². The van der Waals surface area contributed by atoms with Gasteiger partial charge in [-0.25, -0.2) is 9.97 Å². The maximum atomic E-state index is 13.9. The highest BCUT2D eigenvalue weighted by atomic mass is 32.1. The number of nitrogens with one attached hydrogen (secondary N) is 2. The normalized spacial score (nSPS) is 14.2. The van der Waals surface area contributed by atoms with Gasteiger partial charge in [-0.1, -0.05) is 123 Å². The van der Waals surface area contributed by atoms with E-state index in [4.69, 9.17) is 4.98 Å². The average molecular weight is 881 g/mol. The first-order valence-corrected chi connectivity index (χ1v) is 23.6. The number of amides is 3. The van der Waals surface area contributed by atoms with E-state index in [0.717, 1.165) is 101 Å². The number of carbonyl (C=O) groups excluding carboxylic acids is 4. The predicted molar refractivity (Wildman–Crippen MR) is 253 cm³/mol. The van der Waals surface area contributed by atoms with Gasteiger partial charge in [-0.15, -0.1) is 22.7 Å². The van der Waals surface area contributed by atoms with E-state index < -0.39 is 12.1 Å². The third-order valence-electron chi connectivity index (χ3n) is 11.1. The summed E-state index contributed by atoms with van der Waals surface area (Å²) in [6.45, 7) is 7.21. The second-order valence-electron chi connectivity index (χ2n) is 16.3. The highest BCUT2D eigenvalue weighted by Crippen LogP contribution is 2.34. The molecule has 2 aliphatic carbocycles. The number of benzene rings is 4. The Morgan fingerprint density at radius 1 is 0.635 bits per heavy atom. The van der Waals surface area contributed by atoms with Crippen LogP contribution in [0, 0.1) is 11.8 Å². The minimum absolute atomic E-state index is 0.00375. The molecule has 3 amide bonds. The summed E-state index contributed by atoms with van der Waals surface area (Å²) in [7, 11) is 2.14. The van der Waals surface area contributed by atoms with Crippen LogP contribution in [0.15, 0.2) is 122 Å². The summed E-state index contributed by atoms with van der Waals surface area (Å²) in [5, 5.41) is 7.79. The summed E-state index contributed by atoms with van der Waals surface area (Å²) in [5.41, 5.74) is 6.23. The fraction of sp³-hybridized carbons (Fsp3) is 0.333. The number of aldehydes is 1. The van der Waals surface area contributed by atoms with Crippen molar-refractivity contribution in [1.29, 1.82) is 0 Å². The van der Waals surface area contributed by atoms with Gasteiger partial charge in [-0.2, -0.15) is 0 Å². The standard InChI is InChI=1S/C39H43N5O2S2.C12H13NO2/c1-4-21-43(3)25-35-40-23-33(47-35)29-15-11-27(12-16-29)28-13-17-30(18-14-28)34-24-41-36(48-34)26-44(22-5-2)39(46)37(31-9-7-6-8-10-31)42-38(45)32-19-20-32;14-8-11(9-4-2-1-3-5-9)13-12(15)10-6-7-10/h6-18,23-24,32,37H,4-5,19-22,25-26H2,1-3H3,(H,42,45);1-5,8,10-11H,6-7H2,(H,13,15)/t37-;11-/m01/s1. The smallest absolute Gasteiger partial charge is 0.250 e. The number of nitrogens with zero attached hydrogens (tertiary/aromatic N) is 4. The summed E-state index contributed by atoms with van der Waals surface area (Å²) in [4.78, 5) is 64.7. The zero-order chi connectivity index (χ0) is 44.1. The molecule has 10 nitrogen and oxygen atoms in total. The van der Waals surface area contributed by atoms with Gasteiger partial charge in [0.15, 0.2) is 0 Å². The van der Waals surface area contributed by atoms with Crippen molar-refractivity contribution in [3.05, 3.63) is 143 Å². The second-order valence-corrected chi connectivity index (χ2v) is 18.6. The van der Waals surface area contributed by atoms with Crippen molar-refractivity contribution in [1.82, 2.24) is 30.4 Å². The Hall–Kier alpha value is -5.82. The molecule has 326 valence electrons. The molecule has 0 bridgehead atoms. The minimum atomic E-state index is -0.705. The van der Waals surface area contributed by atoms with Gasteiger partial charge in [0.2, 0.25) is 17.7 Å². The molecule has 12 heteroatoms. The van der Waals surface area contributed by atoms with Crippen LogP contribution in [0.25, 0.3) is 32.0 Å². The van der Waals surface area contributed by atoms with E-state index in [1.54, 1.807) is 22.7 Å². The lowest BCUT2D eigenvalue weighted by Gasteiger charge is -2.27. The topological polar surface area (TPSA) is 125 Å². The average Bonchev–Trinajstić information content (AvgIpc) is 4.26. The van der Waals surface area contributed by atoms with E-state index in [-0.39, 0.29) is 29.6 Å². The monoisotopic (exact) mass is 880 g/mol. The maximum absolute atomic E-state index is 13.9. The highest BCUT2D eigenvalue weighted by Gasteiger charge is 2.35. The lowest BCUT2D eigenvalue weighted by molar-refractivity contribution is -0.137. The molecule has 0 aliphatic heterocycles. The van der Waals surface area contributed by atoms with Crippen molar-refractivity contribution in [3.63, 3.8) is 0 Å². The molecule has 2 N–H and O–H groups in total. The first kappa shape index (κ1) is 45.2. The first-order chi connectivity index (χ1) is 30.7. The Morgan fingerprint density at radius 3 is 1.57 bits per heavy atom. The Kier molecular flexibility index (Phi) is 15.8.